The summed E-state index contributed by atoms with van der Waals surface area (Å²) >= 11 is 6.06. The molecule has 0 aromatic heterocycles. The summed E-state index contributed by atoms with van der Waals surface area (Å²) < 4.78 is 10.8. The molecule has 0 saturated carbocycles. The van der Waals surface area contributed by atoms with E-state index >= 15 is 0 Å². The molecule has 0 spiro atoms. The third-order valence-corrected chi connectivity index (χ3v) is 3.97. The minimum Gasteiger partial charge on any atom is -0.495 e. The second-order valence-electron chi connectivity index (χ2n) is 5.41. The lowest BCUT2D eigenvalue weighted by Crippen LogP contribution is -2.31. The molecule has 0 radical (unpaired) electrons. The summed E-state index contributed by atoms with van der Waals surface area (Å²) in [4.78, 5) is 23.9. The average Bonchev–Trinajstić information content (AvgIpc) is 2.58. The molecule has 0 fully saturated rings. The molecule has 2 amide bonds. The number of benzene rings is 2. The number of rotatable bonds is 6. The van der Waals surface area contributed by atoms with E-state index in [1.54, 1.807) is 37.3 Å². The minimum atomic E-state index is -0.860. The lowest BCUT2D eigenvalue weighted by molar-refractivity contribution is -0.122. The Morgan fingerprint density at radius 2 is 1.88 bits per heavy atom. The van der Waals surface area contributed by atoms with Crippen LogP contribution in [-0.4, -0.2) is 25.0 Å². The van der Waals surface area contributed by atoms with Gasteiger partial charge in [0.25, 0.3) is 11.8 Å². The molecule has 0 heterocycles. The Kier molecular flexibility index (Phi) is 5.88. The third kappa shape index (κ3) is 4.42. The van der Waals surface area contributed by atoms with Gasteiger partial charge in [0.15, 0.2) is 6.10 Å². The number of aryl methyl sites for hydroxylation is 1. The second kappa shape index (κ2) is 7.90. The maximum absolute atomic E-state index is 12.4. The van der Waals surface area contributed by atoms with E-state index in [2.05, 4.69) is 5.32 Å². The van der Waals surface area contributed by atoms with Gasteiger partial charge in [0.1, 0.15) is 11.5 Å². The van der Waals surface area contributed by atoms with Crippen molar-refractivity contribution in [3.63, 3.8) is 0 Å². The fourth-order valence-electron chi connectivity index (χ4n) is 2.18. The molecule has 2 aromatic carbocycles. The topological polar surface area (TPSA) is 90.7 Å². The van der Waals surface area contributed by atoms with E-state index in [4.69, 9.17) is 26.8 Å². The molecule has 6 nitrogen and oxygen atoms in total. The standard InChI is InChI=1S/C18H19ClN2O4/c1-10-8-14(16(24-3)9-13(10)19)21-18(23)11(2)25-15-7-5-4-6-12(15)17(20)22/h4-9,11H,1-3H3,(H2,20,22)(H,21,23)/t11-/m0/s1. The van der Waals surface area contributed by atoms with Crippen LogP contribution in [0.4, 0.5) is 5.69 Å². The van der Waals surface area contributed by atoms with Gasteiger partial charge in [-0.1, -0.05) is 23.7 Å². The van der Waals surface area contributed by atoms with Gasteiger partial charge in [-0.05, 0) is 37.6 Å². The highest BCUT2D eigenvalue weighted by atomic mass is 35.5. The van der Waals surface area contributed by atoms with Crippen LogP contribution in [0.15, 0.2) is 36.4 Å². The molecule has 0 bridgehead atoms. The number of ether oxygens (including phenoxy) is 2. The van der Waals surface area contributed by atoms with Crippen LogP contribution in [0.1, 0.15) is 22.8 Å². The summed E-state index contributed by atoms with van der Waals surface area (Å²) in [5, 5.41) is 3.27. The predicted octanol–water partition coefficient (Wildman–Crippen LogP) is 3.16. The third-order valence-electron chi connectivity index (χ3n) is 3.56. The summed E-state index contributed by atoms with van der Waals surface area (Å²) in [7, 11) is 1.49. The van der Waals surface area contributed by atoms with E-state index < -0.39 is 17.9 Å². The summed E-state index contributed by atoms with van der Waals surface area (Å²) in [6.07, 6.45) is -0.860. The van der Waals surface area contributed by atoms with E-state index in [-0.39, 0.29) is 11.3 Å². The smallest absolute Gasteiger partial charge is 0.265 e. The van der Waals surface area contributed by atoms with Crippen LogP contribution in [0.25, 0.3) is 0 Å². The Balaban J connectivity index is 2.17. The summed E-state index contributed by atoms with van der Waals surface area (Å²) in [6.45, 7) is 3.39. The number of amides is 2. The lowest BCUT2D eigenvalue weighted by Gasteiger charge is -2.18. The van der Waals surface area contributed by atoms with Gasteiger partial charge in [-0.2, -0.15) is 0 Å². The number of hydrogen-bond donors (Lipinski definition) is 2. The van der Waals surface area contributed by atoms with Crippen molar-refractivity contribution in [3.05, 3.63) is 52.5 Å². The van der Waals surface area contributed by atoms with Crippen LogP contribution in [0.5, 0.6) is 11.5 Å². The minimum absolute atomic E-state index is 0.210. The number of methoxy groups -OCH3 is 1. The maximum Gasteiger partial charge on any atom is 0.265 e. The van der Waals surface area contributed by atoms with Gasteiger partial charge in [-0.25, -0.2) is 0 Å². The van der Waals surface area contributed by atoms with Crippen molar-refractivity contribution in [2.45, 2.75) is 20.0 Å². The zero-order chi connectivity index (χ0) is 18.6. The molecule has 0 unspecified atom stereocenters. The predicted molar refractivity (Wildman–Crippen MR) is 96.4 cm³/mol. The molecule has 2 rings (SSSR count). The molecule has 0 saturated heterocycles. The molecule has 2 aromatic rings. The highest BCUT2D eigenvalue weighted by molar-refractivity contribution is 6.31. The Morgan fingerprint density at radius 1 is 1.20 bits per heavy atom. The fourth-order valence-corrected chi connectivity index (χ4v) is 2.33. The number of nitrogens with one attached hydrogen (secondary N) is 1. The normalized spacial score (nSPS) is 11.5. The molecule has 132 valence electrons. The first-order valence-corrected chi connectivity index (χ1v) is 7.91. The van der Waals surface area contributed by atoms with Gasteiger partial charge < -0.3 is 20.5 Å². The van der Waals surface area contributed by atoms with Gasteiger partial charge in [-0.3, -0.25) is 9.59 Å². The van der Waals surface area contributed by atoms with Crippen LogP contribution in [0.3, 0.4) is 0 Å². The van der Waals surface area contributed by atoms with Crippen molar-refractivity contribution in [3.8, 4) is 11.5 Å². The van der Waals surface area contributed by atoms with E-state index in [1.807, 2.05) is 6.92 Å². The van der Waals surface area contributed by atoms with Crippen LogP contribution in [0, 0.1) is 6.92 Å². The molecule has 25 heavy (non-hydrogen) atoms. The molecule has 0 aliphatic carbocycles. The maximum atomic E-state index is 12.4. The van der Waals surface area contributed by atoms with Gasteiger partial charge in [0.05, 0.1) is 18.4 Å². The van der Waals surface area contributed by atoms with Crippen molar-refractivity contribution in [2.75, 3.05) is 12.4 Å². The quantitative estimate of drug-likeness (QED) is 0.825. The van der Waals surface area contributed by atoms with Crippen molar-refractivity contribution in [1.29, 1.82) is 0 Å². The van der Waals surface area contributed by atoms with Crippen molar-refractivity contribution < 1.29 is 19.1 Å². The highest BCUT2D eigenvalue weighted by Crippen LogP contribution is 2.31. The van der Waals surface area contributed by atoms with Crippen molar-refractivity contribution >= 4 is 29.1 Å². The summed E-state index contributed by atoms with van der Waals surface area (Å²) in [5.74, 6) is -0.344. The Labute approximate surface area is 150 Å². The van der Waals surface area contributed by atoms with E-state index in [0.29, 0.717) is 16.5 Å². The largest absolute Gasteiger partial charge is 0.495 e. The Morgan fingerprint density at radius 3 is 2.52 bits per heavy atom. The number of hydrogen-bond acceptors (Lipinski definition) is 4. The molecule has 0 aliphatic rings. The number of para-hydroxylation sites is 1. The Hall–Kier alpha value is -2.73. The first-order valence-electron chi connectivity index (χ1n) is 7.54. The SMILES string of the molecule is COc1cc(Cl)c(C)cc1NC(=O)[C@H](C)Oc1ccccc1C(N)=O. The number of nitrogens with two attached hydrogens (primary N) is 1. The van der Waals surface area contributed by atoms with E-state index in [9.17, 15) is 9.59 Å². The molecule has 7 heteroatoms. The van der Waals surface area contributed by atoms with Gasteiger partial charge >= 0.3 is 0 Å². The fraction of sp³-hybridized carbons (Fsp3) is 0.222. The van der Waals surface area contributed by atoms with Gasteiger partial charge in [0, 0.05) is 11.1 Å². The first-order chi connectivity index (χ1) is 11.8. The summed E-state index contributed by atoms with van der Waals surface area (Å²) in [5.41, 5.74) is 6.80. The number of primary amides is 1. The zero-order valence-corrected chi connectivity index (χ0v) is 14.9. The van der Waals surface area contributed by atoms with Crippen LogP contribution < -0.4 is 20.5 Å². The van der Waals surface area contributed by atoms with Crippen LogP contribution in [-0.2, 0) is 4.79 Å². The number of carbonyl (C=O) groups excluding carboxylic acids is 2. The molecular weight excluding hydrogens is 344 g/mol. The number of anilines is 1. The molecule has 0 aliphatic heterocycles. The van der Waals surface area contributed by atoms with Crippen LogP contribution in [0.2, 0.25) is 5.02 Å². The average molecular weight is 363 g/mol. The highest BCUT2D eigenvalue weighted by Gasteiger charge is 2.19. The molecule has 1 atom stereocenters. The molecular formula is C18H19ClN2O4. The Bertz CT molecular complexity index is 808. The van der Waals surface area contributed by atoms with Crippen molar-refractivity contribution in [2.24, 2.45) is 5.73 Å². The van der Waals surface area contributed by atoms with Gasteiger partial charge in [-0.15, -0.1) is 0 Å². The molecule has 3 N–H and O–H groups in total. The van der Waals surface area contributed by atoms with Gasteiger partial charge in [0.2, 0.25) is 0 Å². The summed E-state index contributed by atoms with van der Waals surface area (Å²) in [6, 6.07) is 9.81. The number of carbonyl (C=O) groups is 2. The van der Waals surface area contributed by atoms with Crippen LogP contribution >= 0.6 is 11.6 Å². The van der Waals surface area contributed by atoms with E-state index in [0.717, 1.165) is 5.56 Å². The number of halogens is 1. The lowest BCUT2D eigenvalue weighted by atomic mass is 10.2. The second-order valence-corrected chi connectivity index (χ2v) is 5.82. The van der Waals surface area contributed by atoms with E-state index in [1.165, 1.54) is 13.2 Å². The van der Waals surface area contributed by atoms with Crippen molar-refractivity contribution in [1.82, 2.24) is 0 Å². The zero-order valence-electron chi connectivity index (χ0n) is 14.1. The first kappa shape index (κ1) is 18.6. The monoisotopic (exact) mass is 362 g/mol.